The quantitative estimate of drug-likeness (QED) is 0.226. The maximum Gasteiger partial charge on any atom is 0.175 e. The van der Waals surface area contributed by atoms with Crippen molar-refractivity contribution in [2.45, 2.75) is 18.7 Å². The molecular weight excluding hydrogens is 447 g/mol. The van der Waals surface area contributed by atoms with Crippen LogP contribution in [-0.4, -0.2) is 30.1 Å². The summed E-state index contributed by atoms with van der Waals surface area (Å²) in [5, 5.41) is 0. The lowest BCUT2D eigenvalue weighted by molar-refractivity contribution is 0.602. The molecule has 0 atom stereocenters. The summed E-state index contributed by atoms with van der Waals surface area (Å²) >= 11 is 5.07. The van der Waals surface area contributed by atoms with Gasteiger partial charge in [0.25, 0.3) is 0 Å². The third-order valence-electron chi connectivity index (χ3n) is 3.91. The third-order valence-corrected chi connectivity index (χ3v) is 5.25. The summed E-state index contributed by atoms with van der Waals surface area (Å²) in [6.07, 6.45) is 9.84. The molecule has 0 saturated heterocycles. The molecule has 0 aliphatic heterocycles. The Morgan fingerprint density at radius 3 is 2.09 bits per heavy atom. The Kier molecular flexibility index (Phi) is 11.4. The predicted molar refractivity (Wildman–Crippen MR) is 134 cm³/mol. The Bertz CT molecular complexity index is 1130. The van der Waals surface area contributed by atoms with E-state index in [9.17, 15) is 12.8 Å². The fourth-order valence-electron chi connectivity index (χ4n) is 2.49. The first-order chi connectivity index (χ1) is 15.3. The summed E-state index contributed by atoms with van der Waals surface area (Å²) in [5.41, 5.74) is 2.23. The van der Waals surface area contributed by atoms with Crippen molar-refractivity contribution in [3.8, 4) is 16.9 Å². The first-order valence-electron chi connectivity index (χ1n) is 9.92. The number of rotatable bonds is 6. The van der Waals surface area contributed by atoms with Gasteiger partial charge in [-0.2, -0.15) is 0 Å². The highest BCUT2D eigenvalue weighted by Gasteiger charge is 2.11. The Hall–Kier alpha value is -2.96. The van der Waals surface area contributed by atoms with Crippen molar-refractivity contribution in [3.63, 3.8) is 0 Å². The minimum Gasteiger partial charge on any atom is -0.300 e. The van der Waals surface area contributed by atoms with Crippen LogP contribution in [0.5, 0.6) is 0 Å². The van der Waals surface area contributed by atoms with Crippen molar-refractivity contribution in [2.24, 2.45) is 0 Å². The van der Waals surface area contributed by atoms with E-state index in [4.69, 9.17) is 11.6 Å². The molecule has 170 valence electrons. The van der Waals surface area contributed by atoms with E-state index in [0.717, 1.165) is 11.3 Å². The summed E-state index contributed by atoms with van der Waals surface area (Å²) < 4.78 is 38.3. The maximum absolute atomic E-state index is 13.2. The van der Waals surface area contributed by atoms with E-state index in [2.05, 4.69) is 18.1 Å². The number of benzene rings is 2. The summed E-state index contributed by atoms with van der Waals surface area (Å²) in [6.45, 7) is 11.0. The van der Waals surface area contributed by atoms with Gasteiger partial charge in [-0.3, -0.25) is 4.57 Å². The minimum absolute atomic E-state index is 0.253. The largest absolute Gasteiger partial charge is 0.300 e. The number of aromatic nitrogens is 2. The number of allylic oxidation sites excluding steroid dienone is 3. The molecule has 0 N–H and O–H groups in total. The number of hydrogen-bond acceptors (Lipinski definition) is 3. The van der Waals surface area contributed by atoms with E-state index in [0.29, 0.717) is 17.4 Å². The van der Waals surface area contributed by atoms with Gasteiger partial charge in [-0.1, -0.05) is 38.7 Å². The van der Waals surface area contributed by atoms with Crippen LogP contribution >= 0.6 is 11.6 Å². The molecule has 0 unspecified atom stereocenters. The van der Waals surface area contributed by atoms with Crippen molar-refractivity contribution in [1.29, 1.82) is 0 Å². The van der Waals surface area contributed by atoms with E-state index in [1.54, 1.807) is 60.7 Å². The molecule has 7 heteroatoms. The summed E-state index contributed by atoms with van der Waals surface area (Å²) in [4.78, 5) is 4.84. The molecule has 4 nitrogen and oxygen atoms in total. The number of hydrogen-bond donors (Lipinski definition) is 0. The van der Waals surface area contributed by atoms with E-state index in [1.165, 1.54) is 18.4 Å². The molecule has 0 saturated carbocycles. The van der Waals surface area contributed by atoms with Gasteiger partial charge in [0.1, 0.15) is 11.6 Å². The van der Waals surface area contributed by atoms with Crippen LogP contribution < -0.4 is 0 Å². The Morgan fingerprint density at radius 1 is 1.06 bits per heavy atom. The highest BCUT2D eigenvalue weighted by molar-refractivity contribution is 7.90. The average molecular weight is 475 g/mol. The molecule has 1 aromatic heterocycles. The van der Waals surface area contributed by atoms with Gasteiger partial charge in [0.05, 0.1) is 10.6 Å². The molecule has 0 aliphatic carbocycles. The van der Waals surface area contributed by atoms with Gasteiger partial charge in [0, 0.05) is 29.6 Å². The molecule has 32 heavy (non-hydrogen) atoms. The van der Waals surface area contributed by atoms with Crippen molar-refractivity contribution in [1.82, 2.24) is 9.55 Å². The molecule has 0 aliphatic rings. The van der Waals surface area contributed by atoms with Crippen LogP contribution in [0.3, 0.4) is 0 Å². The van der Waals surface area contributed by atoms with Gasteiger partial charge < -0.3 is 0 Å². The second kappa shape index (κ2) is 13.5. The first kappa shape index (κ1) is 27.1. The summed E-state index contributed by atoms with van der Waals surface area (Å²) in [6, 6.07) is 12.6. The fraction of sp³-hybridized carbons (Fsp3) is 0.160. The van der Waals surface area contributed by atoms with Crippen LogP contribution in [0, 0.1) is 5.82 Å². The standard InChI is InChI=1S/C20H17FN2O2S.C3H5Cl.C2H6/c1-3-4-5-20-22-19(15-6-8-16(21)9-7-15)14-23(20)17-10-12-18(13-11-17)26(2,24)25;1-2-3-4;1-2/h3-14H,1H2,2H3;2H,1,3H2;1-2H3/b5-4+;;. The predicted octanol–water partition coefficient (Wildman–Crippen LogP) is 6.72. The van der Waals surface area contributed by atoms with Crippen LogP contribution in [-0.2, 0) is 9.84 Å². The molecule has 0 bridgehead atoms. The Balaban J connectivity index is 0.000000769. The lowest BCUT2D eigenvalue weighted by Crippen LogP contribution is -1.99. The topological polar surface area (TPSA) is 52.0 Å². The normalized spacial score (nSPS) is 10.5. The zero-order valence-electron chi connectivity index (χ0n) is 18.5. The third kappa shape index (κ3) is 7.94. The van der Waals surface area contributed by atoms with Crippen LogP contribution in [0.2, 0.25) is 0 Å². The molecule has 2 aromatic carbocycles. The second-order valence-corrected chi connectivity index (χ2v) is 8.49. The van der Waals surface area contributed by atoms with Gasteiger partial charge >= 0.3 is 0 Å². The summed E-state index contributed by atoms with van der Waals surface area (Å²) in [5.74, 6) is 0.896. The second-order valence-electron chi connectivity index (χ2n) is 6.17. The molecular formula is C25H28ClFN2O2S. The minimum atomic E-state index is -3.26. The molecule has 0 radical (unpaired) electrons. The van der Waals surface area contributed by atoms with Crippen LogP contribution in [0.15, 0.2) is 91.0 Å². The Labute approximate surface area is 195 Å². The number of halogens is 2. The van der Waals surface area contributed by atoms with Crippen molar-refractivity contribution < 1.29 is 12.8 Å². The van der Waals surface area contributed by atoms with E-state index in [1.807, 2.05) is 24.6 Å². The number of nitrogens with zero attached hydrogens (tertiary/aromatic N) is 2. The van der Waals surface area contributed by atoms with Crippen molar-refractivity contribution >= 4 is 27.5 Å². The monoisotopic (exact) mass is 474 g/mol. The Morgan fingerprint density at radius 2 is 1.62 bits per heavy atom. The molecule has 0 spiro atoms. The van der Waals surface area contributed by atoms with Crippen molar-refractivity contribution in [3.05, 3.63) is 97.8 Å². The van der Waals surface area contributed by atoms with Crippen molar-refractivity contribution in [2.75, 3.05) is 12.1 Å². The highest BCUT2D eigenvalue weighted by Crippen LogP contribution is 2.23. The first-order valence-corrected chi connectivity index (χ1v) is 12.3. The van der Waals surface area contributed by atoms with Gasteiger partial charge in [-0.05, 0) is 54.6 Å². The van der Waals surface area contributed by atoms with E-state index >= 15 is 0 Å². The number of imidazole rings is 1. The number of alkyl halides is 1. The summed E-state index contributed by atoms with van der Waals surface area (Å²) in [7, 11) is -3.26. The van der Waals surface area contributed by atoms with E-state index < -0.39 is 9.84 Å². The van der Waals surface area contributed by atoms with Crippen LogP contribution in [0.25, 0.3) is 23.0 Å². The fourth-order valence-corrected chi connectivity index (χ4v) is 3.12. The molecule has 0 amide bonds. The van der Waals surface area contributed by atoms with Gasteiger partial charge in [0.15, 0.2) is 9.84 Å². The zero-order valence-corrected chi connectivity index (χ0v) is 20.1. The lowest BCUT2D eigenvalue weighted by Gasteiger charge is -2.06. The van der Waals surface area contributed by atoms with Gasteiger partial charge in [-0.15, -0.1) is 18.2 Å². The molecule has 0 fully saturated rings. The van der Waals surface area contributed by atoms with Crippen LogP contribution in [0.4, 0.5) is 4.39 Å². The maximum atomic E-state index is 13.2. The zero-order chi connectivity index (χ0) is 24.1. The number of sulfone groups is 1. The molecule has 1 heterocycles. The lowest BCUT2D eigenvalue weighted by atomic mass is 10.2. The van der Waals surface area contributed by atoms with Crippen LogP contribution in [0.1, 0.15) is 19.7 Å². The molecule has 3 aromatic rings. The van der Waals surface area contributed by atoms with E-state index in [-0.39, 0.29) is 10.7 Å². The van der Waals surface area contributed by atoms with Gasteiger partial charge in [-0.25, -0.2) is 17.8 Å². The SMILES string of the molecule is C=C/C=C/c1nc(-c2ccc(F)cc2)cn1-c1ccc(S(C)(=O)=O)cc1.C=CCCl.CC. The smallest absolute Gasteiger partial charge is 0.175 e. The average Bonchev–Trinajstić information content (AvgIpc) is 3.23. The van der Waals surface area contributed by atoms with Gasteiger partial charge in [0.2, 0.25) is 0 Å². The molecule has 3 rings (SSSR count). The highest BCUT2D eigenvalue weighted by atomic mass is 35.5.